The Morgan fingerprint density at radius 2 is 2.14 bits per heavy atom. The van der Waals surface area contributed by atoms with Crippen LogP contribution >= 0.6 is 0 Å². The summed E-state index contributed by atoms with van der Waals surface area (Å²) in [4.78, 5) is 40.1. The number of rotatable bonds is 7. The maximum atomic E-state index is 12.0. The number of allylic oxidation sites excluding steroid dienone is 1. The van der Waals surface area contributed by atoms with Crippen LogP contribution in [-0.2, 0) is 16.6 Å². The second kappa shape index (κ2) is 7.96. The van der Waals surface area contributed by atoms with Gasteiger partial charge in [0.05, 0.1) is 0 Å². The quantitative estimate of drug-likeness (QED) is 0.657. The molecule has 0 radical (unpaired) electrons. The molecule has 0 aliphatic rings. The first-order valence-electron chi connectivity index (χ1n) is 6.78. The SMILES string of the molecule is CN(C)C(=O)C=CCCC(NC(=O)c1nccn1C)C(N)=O. The highest BCUT2D eigenvalue weighted by atomic mass is 16.2. The molecule has 0 spiro atoms. The van der Waals surface area contributed by atoms with E-state index >= 15 is 0 Å². The minimum atomic E-state index is -0.816. The number of hydrogen-bond acceptors (Lipinski definition) is 4. The smallest absolute Gasteiger partial charge is 0.287 e. The zero-order valence-corrected chi connectivity index (χ0v) is 12.9. The van der Waals surface area contributed by atoms with Crippen LogP contribution < -0.4 is 11.1 Å². The third-order valence-corrected chi connectivity index (χ3v) is 3.00. The van der Waals surface area contributed by atoms with Crippen molar-refractivity contribution in [2.45, 2.75) is 18.9 Å². The molecule has 0 aliphatic carbocycles. The molecule has 1 atom stereocenters. The highest BCUT2D eigenvalue weighted by Crippen LogP contribution is 2.02. The van der Waals surface area contributed by atoms with E-state index in [0.717, 1.165) is 0 Å². The number of imidazole rings is 1. The number of aromatic nitrogens is 2. The lowest BCUT2D eigenvalue weighted by Gasteiger charge is -2.14. The van der Waals surface area contributed by atoms with Gasteiger partial charge in [-0.05, 0) is 18.9 Å². The summed E-state index contributed by atoms with van der Waals surface area (Å²) in [6.07, 6.45) is 6.92. The lowest BCUT2D eigenvalue weighted by molar-refractivity contribution is -0.123. The lowest BCUT2D eigenvalue weighted by atomic mass is 10.1. The minimum Gasteiger partial charge on any atom is -0.368 e. The molecule has 0 bridgehead atoms. The Morgan fingerprint density at radius 1 is 1.45 bits per heavy atom. The number of nitrogens with one attached hydrogen (secondary N) is 1. The third-order valence-electron chi connectivity index (χ3n) is 3.00. The van der Waals surface area contributed by atoms with E-state index in [1.54, 1.807) is 38.0 Å². The fourth-order valence-corrected chi connectivity index (χ4v) is 1.69. The molecule has 0 aliphatic heterocycles. The molecule has 1 rings (SSSR count). The summed E-state index contributed by atoms with van der Waals surface area (Å²) in [5, 5.41) is 2.54. The van der Waals surface area contributed by atoms with Gasteiger partial charge >= 0.3 is 0 Å². The van der Waals surface area contributed by atoms with E-state index in [9.17, 15) is 14.4 Å². The van der Waals surface area contributed by atoms with Crippen LogP contribution in [0, 0.1) is 0 Å². The molecule has 120 valence electrons. The molecule has 1 aromatic rings. The van der Waals surface area contributed by atoms with Gasteiger partial charge < -0.3 is 20.5 Å². The molecule has 22 heavy (non-hydrogen) atoms. The summed E-state index contributed by atoms with van der Waals surface area (Å²) < 4.78 is 1.54. The molecule has 3 N–H and O–H groups in total. The molecule has 0 saturated heterocycles. The summed E-state index contributed by atoms with van der Waals surface area (Å²) in [6.45, 7) is 0. The summed E-state index contributed by atoms with van der Waals surface area (Å²) in [6, 6.07) is -0.816. The van der Waals surface area contributed by atoms with Gasteiger partial charge in [0.15, 0.2) is 5.82 Å². The Hall–Kier alpha value is -2.64. The van der Waals surface area contributed by atoms with E-state index in [2.05, 4.69) is 10.3 Å². The van der Waals surface area contributed by atoms with Crippen LogP contribution in [0.15, 0.2) is 24.5 Å². The van der Waals surface area contributed by atoms with Crippen LogP contribution in [0.3, 0.4) is 0 Å². The molecule has 1 aromatic heterocycles. The lowest BCUT2D eigenvalue weighted by Crippen LogP contribution is -2.45. The Kier molecular flexibility index (Phi) is 6.30. The van der Waals surface area contributed by atoms with Crippen molar-refractivity contribution in [1.29, 1.82) is 0 Å². The van der Waals surface area contributed by atoms with E-state index in [0.29, 0.717) is 12.8 Å². The maximum Gasteiger partial charge on any atom is 0.287 e. The monoisotopic (exact) mass is 307 g/mol. The maximum absolute atomic E-state index is 12.0. The largest absolute Gasteiger partial charge is 0.368 e. The number of hydrogen-bond donors (Lipinski definition) is 2. The fourth-order valence-electron chi connectivity index (χ4n) is 1.69. The summed E-state index contributed by atoms with van der Waals surface area (Å²) >= 11 is 0. The third kappa shape index (κ3) is 5.04. The minimum absolute atomic E-state index is 0.146. The molecule has 8 nitrogen and oxygen atoms in total. The molecule has 3 amide bonds. The average Bonchev–Trinajstić information content (AvgIpc) is 2.87. The van der Waals surface area contributed by atoms with Crippen molar-refractivity contribution in [3.8, 4) is 0 Å². The van der Waals surface area contributed by atoms with E-state index in [1.165, 1.54) is 17.2 Å². The molecule has 0 saturated carbocycles. The number of aryl methyl sites for hydroxylation is 1. The number of carbonyl (C=O) groups excluding carboxylic acids is 3. The van der Waals surface area contributed by atoms with Crippen LogP contribution in [0.25, 0.3) is 0 Å². The highest BCUT2D eigenvalue weighted by Gasteiger charge is 2.20. The van der Waals surface area contributed by atoms with Crippen molar-refractivity contribution in [1.82, 2.24) is 19.8 Å². The average molecular weight is 307 g/mol. The van der Waals surface area contributed by atoms with E-state index in [4.69, 9.17) is 5.73 Å². The summed E-state index contributed by atoms with van der Waals surface area (Å²) in [5.41, 5.74) is 5.29. The number of carbonyl (C=O) groups is 3. The van der Waals surface area contributed by atoms with Gasteiger partial charge in [-0.1, -0.05) is 6.08 Å². The van der Waals surface area contributed by atoms with Gasteiger partial charge in [-0.2, -0.15) is 0 Å². The van der Waals surface area contributed by atoms with Crippen molar-refractivity contribution in [2.75, 3.05) is 14.1 Å². The summed E-state index contributed by atoms with van der Waals surface area (Å²) in [7, 11) is 4.97. The first kappa shape index (κ1) is 17.4. The van der Waals surface area contributed by atoms with Crippen LogP contribution in [-0.4, -0.2) is 52.3 Å². The molecule has 1 heterocycles. The predicted molar refractivity (Wildman–Crippen MR) is 80.7 cm³/mol. The highest BCUT2D eigenvalue weighted by molar-refractivity contribution is 5.94. The summed E-state index contributed by atoms with van der Waals surface area (Å²) in [5.74, 6) is -1.04. The Bertz CT molecular complexity index is 577. The van der Waals surface area contributed by atoms with Crippen LogP contribution in [0.5, 0.6) is 0 Å². The molecule has 8 heteroatoms. The molecule has 1 unspecified atom stereocenters. The second-order valence-corrected chi connectivity index (χ2v) is 5.00. The fraction of sp³-hybridized carbons (Fsp3) is 0.429. The number of nitrogens with zero attached hydrogens (tertiary/aromatic N) is 3. The van der Waals surface area contributed by atoms with Crippen molar-refractivity contribution in [3.05, 3.63) is 30.4 Å². The van der Waals surface area contributed by atoms with Gasteiger partial charge in [0.1, 0.15) is 6.04 Å². The van der Waals surface area contributed by atoms with Crippen molar-refractivity contribution in [2.24, 2.45) is 12.8 Å². The molecular formula is C14H21N5O3. The van der Waals surface area contributed by atoms with Crippen LogP contribution in [0.4, 0.5) is 0 Å². The van der Waals surface area contributed by atoms with Crippen molar-refractivity contribution >= 4 is 17.7 Å². The second-order valence-electron chi connectivity index (χ2n) is 5.00. The van der Waals surface area contributed by atoms with Crippen molar-refractivity contribution in [3.63, 3.8) is 0 Å². The Morgan fingerprint density at radius 3 is 2.64 bits per heavy atom. The number of nitrogens with two attached hydrogens (primary N) is 1. The van der Waals surface area contributed by atoms with Gasteiger partial charge in [0, 0.05) is 33.5 Å². The van der Waals surface area contributed by atoms with Gasteiger partial charge in [-0.25, -0.2) is 4.98 Å². The molecular weight excluding hydrogens is 286 g/mol. The number of amides is 3. The van der Waals surface area contributed by atoms with Gasteiger partial charge in [0.2, 0.25) is 11.8 Å². The van der Waals surface area contributed by atoms with Crippen LogP contribution in [0.2, 0.25) is 0 Å². The Labute approximate surface area is 129 Å². The standard InChI is InChI=1S/C14H21N5O3/c1-18(2)11(20)7-5-4-6-10(12(15)21)17-14(22)13-16-8-9-19(13)3/h5,7-10H,4,6H2,1-3H3,(H2,15,21)(H,17,22). The zero-order valence-electron chi connectivity index (χ0n) is 12.9. The predicted octanol–water partition coefficient (Wildman–Crippen LogP) is -0.572. The topological polar surface area (TPSA) is 110 Å². The molecule has 0 aromatic carbocycles. The van der Waals surface area contributed by atoms with Gasteiger partial charge in [0.25, 0.3) is 5.91 Å². The first-order chi connectivity index (χ1) is 10.3. The van der Waals surface area contributed by atoms with E-state index < -0.39 is 17.9 Å². The zero-order chi connectivity index (χ0) is 16.7. The van der Waals surface area contributed by atoms with Crippen molar-refractivity contribution < 1.29 is 14.4 Å². The first-order valence-corrected chi connectivity index (χ1v) is 6.78. The van der Waals surface area contributed by atoms with Gasteiger partial charge in [-0.3, -0.25) is 14.4 Å². The van der Waals surface area contributed by atoms with Gasteiger partial charge in [-0.15, -0.1) is 0 Å². The number of primary amides is 1. The normalized spacial score (nSPS) is 12.1. The van der Waals surface area contributed by atoms with E-state index in [1.807, 2.05) is 0 Å². The van der Waals surface area contributed by atoms with E-state index in [-0.39, 0.29) is 11.7 Å². The Balaban J connectivity index is 2.56. The molecule has 0 fully saturated rings. The number of likely N-dealkylation sites (N-methyl/N-ethyl adjacent to an activating group) is 1. The van der Waals surface area contributed by atoms with Crippen LogP contribution in [0.1, 0.15) is 23.5 Å².